The van der Waals surface area contributed by atoms with Crippen LogP contribution < -0.4 is 5.48 Å². The highest BCUT2D eigenvalue weighted by molar-refractivity contribution is 5.91. The van der Waals surface area contributed by atoms with Gasteiger partial charge in [-0.05, 0) is 41.7 Å². The molecule has 0 radical (unpaired) electrons. The number of rotatable bonds is 7. The monoisotopic (exact) mass is 363 g/mol. The number of imidazole rings is 1. The first-order valence-corrected chi connectivity index (χ1v) is 9.22. The molecule has 0 saturated heterocycles. The lowest BCUT2D eigenvalue weighted by Gasteiger charge is -2.12. The molecule has 0 atom stereocenters. The van der Waals surface area contributed by atoms with Gasteiger partial charge in [-0.3, -0.25) is 10.0 Å². The van der Waals surface area contributed by atoms with Gasteiger partial charge in [-0.2, -0.15) is 0 Å². The number of aromatic nitrogens is 2. The second-order valence-electron chi connectivity index (χ2n) is 7.08. The van der Waals surface area contributed by atoms with Gasteiger partial charge in [0.05, 0.1) is 11.0 Å². The van der Waals surface area contributed by atoms with Gasteiger partial charge < -0.3 is 4.57 Å². The van der Waals surface area contributed by atoms with E-state index in [2.05, 4.69) is 42.7 Å². The molecule has 0 fully saturated rings. The largest absolute Gasteiger partial charge is 0.328 e. The molecule has 2 N–H and O–H groups in total. The van der Waals surface area contributed by atoms with Crippen molar-refractivity contribution in [2.75, 3.05) is 0 Å². The van der Waals surface area contributed by atoms with Gasteiger partial charge >= 0.3 is 0 Å². The topological polar surface area (TPSA) is 67.2 Å². The van der Waals surface area contributed by atoms with Crippen LogP contribution in [0.1, 0.15) is 30.8 Å². The standard InChI is InChI=1S/C22H25N3O2/c1-16(2)15-25-20-11-8-18(10-13-22(26)24-27)14-19(20)23-21(25)12-9-17-6-4-3-5-7-17/h3-8,10-11,13-14,16,27H,9,12,15H2,1-2H3,(H,24,26)/b13-10+. The number of carbonyl (C=O) groups is 1. The van der Waals surface area contributed by atoms with Crippen molar-refractivity contribution in [2.45, 2.75) is 33.2 Å². The fraction of sp³-hybridized carbons (Fsp3) is 0.273. The van der Waals surface area contributed by atoms with Crippen LogP contribution in [0, 0.1) is 5.92 Å². The Morgan fingerprint density at radius 1 is 1.19 bits per heavy atom. The first-order chi connectivity index (χ1) is 13.1. The molecule has 0 saturated carbocycles. The van der Waals surface area contributed by atoms with Gasteiger partial charge in [-0.15, -0.1) is 0 Å². The molecular formula is C22H25N3O2. The minimum absolute atomic E-state index is 0.519. The summed E-state index contributed by atoms with van der Waals surface area (Å²) < 4.78 is 2.30. The number of hydrogen-bond donors (Lipinski definition) is 2. The lowest BCUT2D eigenvalue weighted by atomic mass is 10.1. The smallest absolute Gasteiger partial charge is 0.267 e. The maximum atomic E-state index is 11.2. The Morgan fingerprint density at radius 2 is 1.96 bits per heavy atom. The Labute approximate surface area is 159 Å². The van der Waals surface area contributed by atoms with Gasteiger partial charge in [0.2, 0.25) is 0 Å². The average Bonchev–Trinajstić information content (AvgIpc) is 3.01. The molecule has 1 aromatic heterocycles. The summed E-state index contributed by atoms with van der Waals surface area (Å²) in [6, 6.07) is 16.4. The third-order valence-corrected chi connectivity index (χ3v) is 4.42. The van der Waals surface area contributed by atoms with E-state index in [1.165, 1.54) is 11.6 Å². The van der Waals surface area contributed by atoms with Crippen molar-refractivity contribution in [3.8, 4) is 0 Å². The molecule has 0 aliphatic heterocycles. The molecular weight excluding hydrogens is 338 g/mol. The normalized spacial score (nSPS) is 11.6. The quantitative estimate of drug-likeness (QED) is 0.379. The van der Waals surface area contributed by atoms with Crippen LogP contribution in [0.5, 0.6) is 0 Å². The molecule has 3 aromatic rings. The second-order valence-corrected chi connectivity index (χ2v) is 7.08. The highest BCUT2D eigenvalue weighted by Crippen LogP contribution is 2.21. The lowest BCUT2D eigenvalue weighted by molar-refractivity contribution is -0.124. The van der Waals surface area contributed by atoms with Gasteiger partial charge in [0.1, 0.15) is 5.82 Å². The van der Waals surface area contributed by atoms with Crippen molar-refractivity contribution >= 4 is 23.0 Å². The molecule has 1 heterocycles. The van der Waals surface area contributed by atoms with Gasteiger partial charge in [-0.25, -0.2) is 10.5 Å². The van der Waals surface area contributed by atoms with E-state index < -0.39 is 5.91 Å². The summed E-state index contributed by atoms with van der Waals surface area (Å²) in [6.45, 7) is 5.33. The van der Waals surface area contributed by atoms with Crippen LogP contribution in [0.2, 0.25) is 0 Å². The zero-order valence-electron chi connectivity index (χ0n) is 15.7. The highest BCUT2D eigenvalue weighted by atomic mass is 16.5. The highest BCUT2D eigenvalue weighted by Gasteiger charge is 2.12. The Morgan fingerprint density at radius 3 is 2.67 bits per heavy atom. The predicted octanol–water partition coefficient (Wildman–Crippen LogP) is 4.00. The van der Waals surface area contributed by atoms with E-state index in [4.69, 9.17) is 10.2 Å². The van der Waals surface area contributed by atoms with E-state index in [0.717, 1.165) is 41.8 Å². The van der Waals surface area contributed by atoms with E-state index in [9.17, 15) is 4.79 Å². The summed E-state index contributed by atoms with van der Waals surface area (Å²) in [6.07, 6.45) is 4.79. The van der Waals surface area contributed by atoms with Crippen LogP contribution in [-0.2, 0) is 24.2 Å². The summed E-state index contributed by atoms with van der Waals surface area (Å²) in [4.78, 5) is 16.0. The van der Waals surface area contributed by atoms with E-state index >= 15 is 0 Å². The second kappa shape index (κ2) is 8.64. The summed E-state index contributed by atoms with van der Waals surface area (Å²) in [5.41, 5.74) is 5.80. The summed E-state index contributed by atoms with van der Waals surface area (Å²) >= 11 is 0. The van der Waals surface area contributed by atoms with Crippen LogP contribution in [0.25, 0.3) is 17.1 Å². The van der Waals surface area contributed by atoms with E-state index in [-0.39, 0.29) is 0 Å². The summed E-state index contributed by atoms with van der Waals surface area (Å²) in [7, 11) is 0. The van der Waals surface area contributed by atoms with Crippen molar-refractivity contribution in [1.82, 2.24) is 15.0 Å². The van der Waals surface area contributed by atoms with Gasteiger partial charge in [0.15, 0.2) is 0 Å². The molecule has 5 heteroatoms. The number of nitrogens with one attached hydrogen (secondary N) is 1. The lowest BCUT2D eigenvalue weighted by Crippen LogP contribution is -2.14. The molecule has 0 aliphatic rings. The fourth-order valence-electron chi connectivity index (χ4n) is 3.17. The third kappa shape index (κ3) is 4.83. The Hall–Kier alpha value is -2.92. The molecule has 0 spiro atoms. The SMILES string of the molecule is CC(C)Cn1c(CCc2ccccc2)nc2cc(/C=C/C(=O)NO)ccc21. The van der Waals surface area contributed by atoms with E-state index in [0.29, 0.717) is 5.92 Å². The van der Waals surface area contributed by atoms with E-state index in [1.807, 2.05) is 24.3 Å². The minimum Gasteiger partial charge on any atom is -0.328 e. The van der Waals surface area contributed by atoms with Crippen molar-refractivity contribution in [2.24, 2.45) is 5.92 Å². The van der Waals surface area contributed by atoms with Gasteiger partial charge in [0, 0.05) is 19.0 Å². The number of hydrogen-bond acceptors (Lipinski definition) is 3. The molecule has 5 nitrogen and oxygen atoms in total. The molecule has 0 unspecified atom stereocenters. The molecule has 27 heavy (non-hydrogen) atoms. The maximum Gasteiger partial charge on any atom is 0.267 e. The Kier molecular flexibility index (Phi) is 6.04. The van der Waals surface area contributed by atoms with Gasteiger partial charge in [0.25, 0.3) is 5.91 Å². The number of amides is 1. The Bertz CT molecular complexity index is 943. The molecule has 140 valence electrons. The van der Waals surface area contributed by atoms with Crippen molar-refractivity contribution in [3.05, 3.63) is 71.6 Å². The first kappa shape index (κ1) is 18.9. The van der Waals surface area contributed by atoms with Crippen molar-refractivity contribution in [3.63, 3.8) is 0 Å². The number of carbonyl (C=O) groups excluding carboxylic acids is 1. The Balaban J connectivity index is 1.91. The third-order valence-electron chi connectivity index (χ3n) is 4.42. The van der Waals surface area contributed by atoms with Crippen LogP contribution in [0.4, 0.5) is 0 Å². The van der Waals surface area contributed by atoms with Crippen LogP contribution in [-0.4, -0.2) is 20.7 Å². The summed E-state index contributed by atoms with van der Waals surface area (Å²) in [5, 5.41) is 8.59. The number of aryl methyl sites for hydroxylation is 2. The number of hydroxylamine groups is 1. The van der Waals surface area contributed by atoms with Gasteiger partial charge in [-0.1, -0.05) is 50.2 Å². The first-order valence-electron chi connectivity index (χ1n) is 9.22. The maximum absolute atomic E-state index is 11.2. The zero-order chi connectivity index (χ0) is 19.2. The predicted molar refractivity (Wildman–Crippen MR) is 107 cm³/mol. The zero-order valence-corrected chi connectivity index (χ0v) is 15.7. The average molecular weight is 363 g/mol. The fourth-order valence-corrected chi connectivity index (χ4v) is 3.17. The van der Waals surface area contributed by atoms with Crippen LogP contribution in [0.3, 0.4) is 0 Å². The van der Waals surface area contributed by atoms with E-state index in [1.54, 1.807) is 11.6 Å². The molecule has 1 amide bonds. The van der Waals surface area contributed by atoms with Crippen molar-refractivity contribution < 1.29 is 10.0 Å². The summed E-state index contributed by atoms with van der Waals surface area (Å²) in [5.74, 6) is 1.05. The van der Waals surface area contributed by atoms with Crippen LogP contribution >= 0.6 is 0 Å². The van der Waals surface area contributed by atoms with Crippen molar-refractivity contribution in [1.29, 1.82) is 0 Å². The minimum atomic E-state index is -0.552. The molecule has 3 rings (SSSR count). The number of benzene rings is 2. The van der Waals surface area contributed by atoms with Crippen LogP contribution in [0.15, 0.2) is 54.6 Å². The number of nitrogens with zero attached hydrogens (tertiary/aromatic N) is 2. The number of fused-ring (bicyclic) bond motifs is 1. The molecule has 0 aliphatic carbocycles. The molecule has 0 bridgehead atoms. The molecule has 2 aromatic carbocycles.